The molecule has 1 aliphatic heterocycles. The van der Waals surface area contributed by atoms with E-state index in [2.05, 4.69) is 30.7 Å². The molecule has 4 aromatic rings. The average Bonchev–Trinajstić information content (AvgIpc) is 3.39. The van der Waals surface area contributed by atoms with Gasteiger partial charge >= 0.3 is 6.18 Å². The molecule has 1 aromatic carbocycles. The van der Waals surface area contributed by atoms with Crippen LogP contribution in [0.15, 0.2) is 42.9 Å². The summed E-state index contributed by atoms with van der Waals surface area (Å²) in [6.07, 6.45) is 1.60. The minimum Gasteiger partial charge on any atom is -0.360 e. The summed E-state index contributed by atoms with van der Waals surface area (Å²) in [6.45, 7) is 1.66. The number of hydrogen-bond acceptors (Lipinski definition) is 5. The number of nitrogens with zero attached hydrogens (tertiary/aromatic N) is 4. The minimum atomic E-state index is -4.57. The maximum absolute atomic E-state index is 13.8. The Morgan fingerprint density at radius 1 is 1.22 bits per heavy atom. The SMILES string of the molecule is Cn1ccc(-c2ccc3c(-c4nc(N[C@H]5CCCNC5)ncc4C(F)(F)F)c[nH]c3c2)n1. The molecule has 0 amide bonds. The molecule has 0 unspecified atom stereocenters. The van der Waals surface area contributed by atoms with Gasteiger partial charge in [0.05, 0.1) is 11.4 Å². The van der Waals surface area contributed by atoms with Gasteiger partial charge in [0.2, 0.25) is 5.95 Å². The fourth-order valence-corrected chi connectivity index (χ4v) is 4.07. The normalized spacial score (nSPS) is 17.1. The van der Waals surface area contributed by atoms with Gasteiger partial charge in [-0.15, -0.1) is 0 Å². The quantitative estimate of drug-likeness (QED) is 0.442. The topological polar surface area (TPSA) is 83.5 Å². The number of alkyl halides is 3. The van der Waals surface area contributed by atoms with Crippen molar-refractivity contribution in [1.82, 2.24) is 30.0 Å². The van der Waals surface area contributed by atoms with Crippen molar-refractivity contribution in [3.05, 3.63) is 48.4 Å². The van der Waals surface area contributed by atoms with E-state index in [1.807, 2.05) is 31.4 Å². The van der Waals surface area contributed by atoms with Crippen LogP contribution in [0, 0.1) is 0 Å². The molecule has 3 aromatic heterocycles. The fourth-order valence-electron chi connectivity index (χ4n) is 4.07. The van der Waals surface area contributed by atoms with Crippen molar-refractivity contribution in [3.63, 3.8) is 0 Å². The molecule has 10 heteroatoms. The number of H-pyrrole nitrogens is 1. The maximum Gasteiger partial charge on any atom is 0.419 e. The highest BCUT2D eigenvalue weighted by Crippen LogP contribution is 2.39. The first-order valence-electron chi connectivity index (χ1n) is 10.4. The van der Waals surface area contributed by atoms with E-state index in [4.69, 9.17) is 0 Å². The molecular weight excluding hydrogens is 419 g/mol. The molecule has 166 valence electrons. The molecular formula is C22H22F3N7. The summed E-state index contributed by atoms with van der Waals surface area (Å²) in [7, 11) is 1.83. The maximum atomic E-state index is 13.8. The van der Waals surface area contributed by atoms with E-state index in [1.54, 1.807) is 16.9 Å². The van der Waals surface area contributed by atoms with Gasteiger partial charge in [-0.25, -0.2) is 9.97 Å². The number of aryl methyl sites for hydroxylation is 1. The van der Waals surface area contributed by atoms with Gasteiger partial charge in [0.25, 0.3) is 0 Å². The van der Waals surface area contributed by atoms with Crippen LogP contribution < -0.4 is 10.6 Å². The van der Waals surface area contributed by atoms with E-state index in [0.717, 1.165) is 43.4 Å². The number of aromatic nitrogens is 5. The van der Waals surface area contributed by atoms with Crippen molar-refractivity contribution in [1.29, 1.82) is 0 Å². The molecule has 1 saturated heterocycles. The Hall–Kier alpha value is -3.40. The number of benzene rings is 1. The third kappa shape index (κ3) is 3.93. The van der Waals surface area contributed by atoms with Gasteiger partial charge in [-0.3, -0.25) is 4.68 Å². The van der Waals surface area contributed by atoms with E-state index >= 15 is 0 Å². The zero-order valence-corrected chi connectivity index (χ0v) is 17.4. The molecule has 5 rings (SSSR count). The third-order valence-corrected chi connectivity index (χ3v) is 5.67. The third-order valence-electron chi connectivity index (χ3n) is 5.67. The number of fused-ring (bicyclic) bond motifs is 1. The van der Waals surface area contributed by atoms with Crippen molar-refractivity contribution < 1.29 is 13.2 Å². The number of piperidine rings is 1. The summed E-state index contributed by atoms with van der Waals surface area (Å²) >= 11 is 0. The van der Waals surface area contributed by atoms with Crippen LogP contribution in [0.25, 0.3) is 33.4 Å². The zero-order valence-electron chi connectivity index (χ0n) is 17.4. The van der Waals surface area contributed by atoms with Crippen molar-refractivity contribution in [3.8, 4) is 22.5 Å². The lowest BCUT2D eigenvalue weighted by atomic mass is 10.0. The second kappa shape index (κ2) is 7.94. The summed E-state index contributed by atoms with van der Waals surface area (Å²) in [6, 6.07) is 7.49. The Morgan fingerprint density at radius 2 is 2.09 bits per heavy atom. The molecule has 1 aliphatic rings. The highest BCUT2D eigenvalue weighted by Gasteiger charge is 2.36. The van der Waals surface area contributed by atoms with E-state index in [0.29, 0.717) is 16.5 Å². The number of halogens is 3. The van der Waals surface area contributed by atoms with Crippen molar-refractivity contribution >= 4 is 16.9 Å². The van der Waals surface area contributed by atoms with E-state index in [9.17, 15) is 13.2 Å². The van der Waals surface area contributed by atoms with Crippen LogP contribution in [0.4, 0.5) is 19.1 Å². The molecule has 7 nitrogen and oxygen atoms in total. The zero-order chi connectivity index (χ0) is 22.3. The first-order chi connectivity index (χ1) is 15.4. The van der Waals surface area contributed by atoms with Gasteiger partial charge in [0, 0.05) is 60.3 Å². The standard InChI is InChI=1S/C22H22F3N7/c1-32-8-6-18(31-32)13-4-5-15-16(11-27-19(15)9-13)20-17(22(23,24)25)12-28-21(30-20)29-14-3-2-7-26-10-14/h4-6,8-9,11-12,14,26-27H,2-3,7,10H2,1H3,(H,28,29,30)/t14-/m0/s1. The van der Waals surface area contributed by atoms with Crippen molar-refractivity contribution in [2.24, 2.45) is 7.05 Å². The first-order valence-corrected chi connectivity index (χ1v) is 10.4. The molecule has 32 heavy (non-hydrogen) atoms. The molecule has 1 atom stereocenters. The molecule has 0 spiro atoms. The van der Waals surface area contributed by atoms with Crippen LogP contribution in [-0.4, -0.2) is 43.9 Å². The summed E-state index contributed by atoms with van der Waals surface area (Å²) in [4.78, 5) is 11.3. The molecule has 0 bridgehead atoms. The van der Waals surface area contributed by atoms with Gasteiger partial charge < -0.3 is 15.6 Å². The predicted molar refractivity (Wildman–Crippen MR) is 116 cm³/mol. The molecule has 0 saturated carbocycles. The summed E-state index contributed by atoms with van der Waals surface area (Å²) in [5.74, 6) is 0.196. The number of rotatable bonds is 4. The molecule has 4 heterocycles. The van der Waals surface area contributed by atoms with Crippen LogP contribution in [0.2, 0.25) is 0 Å². The van der Waals surface area contributed by atoms with Crippen molar-refractivity contribution in [2.75, 3.05) is 18.4 Å². The Kier molecular flexibility index (Phi) is 5.09. The minimum absolute atomic E-state index is 0.0808. The van der Waals surface area contributed by atoms with E-state index < -0.39 is 11.7 Å². The van der Waals surface area contributed by atoms with Gasteiger partial charge in [-0.2, -0.15) is 18.3 Å². The smallest absolute Gasteiger partial charge is 0.360 e. The lowest BCUT2D eigenvalue weighted by molar-refractivity contribution is -0.137. The van der Waals surface area contributed by atoms with Crippen LogP contribution >= 0.6 is 0 Å². The molecule has 3 N–H and O–H groups in total. The highest BCUT2D eigenvalue weighted by molar-refractivity contribution is 5.97. The van der Waals surface area contributed by atoms with Crippen LogP contribution in [0.3, 0.4) is 0 Å². The van der Waals surface area contributed by atoms with E-state index in [1.165, 1.54) is 0 Å². The largest absolute Gasteiger partial charge is 0.419 e. The first kappa shape index (κ1) is 20.5. The van der Waals surface area contributed by atoms with Crippen LogP contribution in [0.1, 0.15) is 18.4 Å². The van der Waals surface area contributed by atoms with Gasteiger partial charge in [0.1, 0.15) is 5.56 Å². The number of aromatic amines is 1. The summed E-state index contributed by atoms with van der Waals surface area (Å²) in [5, 5.41) is 11.5. The van der Waals surface area contributed by atoms with Gasteiger partial charge in [0.15, 0.2) is 0 Å². The second-order valence-electron chi connectivity index (χ2n) is 7.98. The number of hydrogen-bond donors (Lipinski definition) is 3. The van der Waals surface area contributed by atoms with Crippen LogP contribution in [0.5, 0.6) is 0 Å². The Morgan fingerprint density at radius 3 is 2.81 bits per heavy atom. The monoisotopic (exact) mass is 441 g/mol. The van der Waals surface area contributed by atoms with Crippen LogP contribution in [-0.2, 0) is 13.2 Å². The lowest BCUT2D eigenvalue weighted by Gasteiger charge is -2.24. The summed E-state index contributed by atoms with van der Waals surface area (Å²) < 4.78 is 43.1. The summed E-state index contributed by atoms with van der Waals surface area (Å²) in [5.41, 5.74) is 1.75. The Labute approximate surface area is 182 Å². The lowest BCUT2D eigenvalue weighted by Crippen LogP contribution is -2.38. The van der Waals surface area contributed by atoms with Crippen molar-refractivity contribution in [2.45, 2.75) is 25.1 Å². The van der Waals surface area contributed by atoms with Gasteiger partial charge in [-0.05, 0) is 31.5 Å². The highest BCUT2D eigenvalue weighted by atomic mass is 19.4. The van der Waals surface area contributed by atoms with Gasteiger partial charge in [-0.1, -0.05) is 12.1 Å². The molecule has 0 radical (unpaired) electrons. The Balaban J connectivity index is 1.56. The fraction of sp³-hybridized carbons (Fsp3) is 0.318. The van der Waals surface area contributed by atoms with E-state index in [-0.39, 0.29) is 17.7 Å². The number of anilines is 1. The average molecular weight is 441 g/mol. The number of nitrogens with one attached hydrogen (secondary N) is 3. The second-order valence-corrected chi connectivity index (χ2v) is 7.98. The molecule has 1 fully saturated rings. The molecule has 0 aliphatic carbocycles. The Bertz CT molecular complexity index is 1250. The predicted octanol–water partition coefficient (Wildman–Crippen LogP) is 4.21.